The van der Waals surface area contributed by atoms with Crippen molar-refractivity contribution in [3.8, 4) is 11.4 Å². The first-order valence-electron chi connectivity index (χ1n) is 10.9. The van der Waals surface area contributed by atoms with E-state index in [0.29, 0.717) is 39.4 Å². The number of anilines is 1. The molecule has 3 N–H and O–H groups in total. The number of ether oxygens (including phenoxy) is 2. The first-order chi connectivity index (χ1) is 17.9. The van der Waals surface area contributed by atoms with E-state index in [1.54, 1.807) is 54.1 Å². The molecule has 4 aromatic rings. The van der Waals surface area contributed by atoms with E-state index < -0.39 is 17.2 Å². The number of aromatic amines is 2. The maximum atomic E-state index is 12.6. The van der Waals surface area contributed by atoms with E-state index in [-0.39, 0.29) is 18.1 Å². The van der Waals surface area contributed by atoms with Crippen molar-refractivity contribution >= 4 is 29.3 Å². The minimum absolute atomic E-state index is 0.0166. The highest BCUT2D eigenvalue weighted by atomic mass is 32.2. The van der Waals surface area contributed by atoms with Crippen molar-refractivity contribution in [2.24, 2.45) is 0 Å². The summed E-state index contributed by atoms with van der Waals surface area (Å²) in [7, 11) is 2.84. The second-order valence-corrected chi connectivity index (χ2v) is 8.57. The Kier molecular flexibility index (Phi) is 7.83. The lowest BCUT2D eigenvalue weighted by Gasteiger charge is -2.12. The van der Waals surface area contributed by atoms with Gasteiger partial charge in [-0.15, -0.1) is 10.2 Å². The number of aromatic nitrogens is 5. The minimum atomic E-state index is -0.624. The number of benzene rings is 2. The number of H-pyrrole nitrogens is 2. The van der Waals surface area contributed by atoms with Crippen LogP contribution in [-0.2, 0) is 16.0 Å². The second-order valence-electron chi connectivity index (χ2n) is 7.63. The molecule has 0 atom stereocenters. The Labute approximate surface area is 214 Å². The van der Waals surface area contributed by atoms with Crippen LogP contribution in [0.2, 0.25) is 0 Å². The quantitative estimate of drug-likeness (QED) is 0.220. The Morgan fingerprint density at radius 3 is 2.51 bits per heavy atom. The number of thioether (sulfide) groups is 1. The molecule has 0 spiro atoms. The van der Waals surface area contributed by atoms with Gasteiger partial charge in [0.2, 0.25) is 5.91 Å². The molecule has 190 valence electrons. The fourth-order valence-corrected chi connectivity index (χ4v) is 4.21. The van der Waals surface area contributed by atoms with Crippen LogP contribution in [0.1, 0.15) is 21.9 Å². The number of esters is 1. The van der Waals surface area contributed by atoms with E-state index in [9.17, 15) is 19.2 Å². The highest BCUT2D eigenvalue weighted by molar-refractivity contribution is 7.99. The van der Waals surface area contributed by atoms with Crippen LogP contribution in [0.4, 0.5) is 5.69 Å². The third-order valence-corrected chi connectivity index (χ3v) is 6.03. The number of carbonyl (C=O) groups excluding carboxylic acids is 2. The molecule has 1 amide bonds. The van der Waals surface area contributed by atoms with Crippen molar-refractivity contribution in [2.45, 2.75) is 11.6 Å². The Morgan fingerprint density at radius 2 is 1.81 bits per heavy atom. The molecule has 0 saturated heterocycles. The summed E-state index contributed by atoms with van der Waals surface area (Å²) in [5.41, 5.74) is 0.766. The number of hydrogen-bond donors (Lipinski definition) is 3. The molecule has 4 rings (SSSR count). The molecule has 0 radical (unpaired) electrons. The van der Waals surface area contributed by atoms with Crippen molar-refractivity contribution in [3.05, 3.63) is 92.5 Å². The van der Waals surface area contributed by atoms with Gasteiger partial charge in [-0.1, -0.05) is 17.8 Å². The fourth-order valence-electron chi connectivity index (χ4n) is 3.44. The van der Waals surface area contributed by atoms with Gasteiger partial charge in [0.15, 0.2) is 5.16 Å². The van der Waals surface area contributed by atoms with Crippen LogP contribution in [0.15, 0.2) is 69.3 Å². The molecule has 0 bridgehead atoms. The summed E-state index contributed by atoms with van der Waals surface area (Å²) in [4.78, 5) is 52.3. The fraction of sp³-hybridized carbons (Fsp3) is 0.167. The standard InChI is InChI=1S/C24H22N6O6S/c1-35-18-5-3-4-17(12-18)30-19(10-16-11-20(31)27-23(34)26-16)28-29-24(30)37-13-21(32)25-15-8-6-14(7-9-15)22(33)36-2/h3-9,11-12H,10,13H2,1-2H3,(H,25,32)(H2,26,27,31,34). The van der Waals surface area contributed by atoms with E-state index >= 15 is 0 Å². The van der Waals surface area contributed by atoms with Gasteiger partial charge < -0.3 is 19.8 Å². The summed E-state index contributed by atoms with van der Waals surface area (Å²) < 4.78 is 11.7. The molecule has 0 unspecified atom stereocenters. The Morgan fingerprint density at radius 1 is 1.03 bits per heavy atom. The Bertz CT molecular complexity index is 1510. The van der Waals surface area contributed by atoms with E-state index in [4.69, 9.17) is 4.74 Å². The van der Waals surface area contributed by atoms with E-state index in [0.717, 1.165) is 11.8 Å². The number of carbonyl (C=O) groups is 2. The largest absolute Gasteiger partial charge is 0.497 e. The van der Waals surface area contributed by atoms with Gasteiger partial charge in [0.05, 0.1) is 31.2 Å². The molecule has 0 saturated carbocycles. The highest BCUT2D eigenvalue weighted by Crippen LogP contribution is 2.25. The molecule has 12 nitrogen and oxygen atoms in total. The third-order valence-electron chi connectivity index (χ3n) is 5.10. The summed E-state index contributed by atoms with van der Waals surface area (Å²) in [6.07, 6.45) is 0.114. The van der Waals surface area contributed by atoms with Crippen molar-refractivity contribution in [1.82, 2.24) is 24.7 Å². The number of nitrogens with zero attached hydrogens (tertiary/aromatic N) is 3. The topological polar surface area (TPSA) is 161 Å². The van der Waals surface area contributed by atoms with Gasteiger partial charge >= 0.3 is 11.7 Å². The van der Waals surface area contributed by atoms with Crippen molar-refractivity contribution in [3.63, 3.8) is 0 Å². The molecule has 13 heteroatoms. The lowest BCUT2D eigenvalue weighted by Crippen LogP contribution is -2.23. The number of hydrogen-bond acceptors (Lipinski definition) is 9. The monoisotopic (exact) mass is 522 g/mol. The van der Waals surface area contributed by atoms with Gasteiger partial charge in [0.25, 0.3) is 5.56 Å². The third kappa shape index (κ3) is 6.32. The summed E-state index contributed by atoms with van der Waals surface area (Å²) in [5.74, 6) is 0.297. The van der Waals surface area contributed by atoms with Crippen molar-refractivity contribution < 1.29 is 19.1 Å². The zero-order valence-electron chi connectivity index (χ0n) is 19.8. The lowest BCUT2D eigenvalue weighted by molar-refractivity contribution is -0.113. The lowest BCUT2D eigenvalue weighted by atomic mass is 10.2. The van der Waals surface area contributed by atoms with Gasteiger partial charge in [-0.3, -0.25) is 19.1 Å². The van der Waals surface area contributed by atoms with Crippen LogP contribution in [0, 0.1) is 0 Å². The predicted octanol–water partition coefficient (Wildman–Crippen LogP) is 1.76. The molecular weight excluding hydrogens is 500 g/mol. The number of nitrogens with one attached hydrogen (secondary N) is 3. The predicted molar refractivity (Wildman–Crippen MR) is 136 cm³/mol. The van der Waals surface area contributed by atoms with Crippen LogP contribution < -0.4 is 21.3 Å². The Hall–Kier alpha value is -4.65. The van der Waals surface area contributed by atoms with Crippen LogP contribution >= 0.6 is 11.8 Å². The molecule has 0 aliphatic rings. The summed E-state index contributed by atoms with van der Waals surface area (Å²) in [6.45, 7) is 0. The first kappa shape index (κ1) is 25.4. The first-order valence-corrected chi connectivity index (χ1v) is 11.9. The summed E-state index contributed by atoms with van der Waals surface area (Å²) >= 11 is 1.15. The van der Waals surface area contributed by atoms with Crippen LogP contribution in [-0.4, -0.2) is 56.6 Å². The zero-order chi connectivity index (χ0) is 26.4. The zero-order valence-corrected chi connectivity index (χ0v) is 20.6. The van der Waals surface area contributed by atoms with Crippen LogP contribution in [0.3, 0.4) is 0 Å². The smallest absolute Gasteiger partial charge is 0.337 e. The van der Waals surface area contributed by atoms with E-state index in [1.807, 2.05) is 6.07 Å². The maximum absolute atomic E-state index is 12.6. The van der Waals surface area contributed by atoms with Crippen molar-refractivity contribution in [1.29, 1.82) is 0 Å². The average molecular weight is 523 g/mol. The number of methoxy groups -OCH3 is 2. The van der Waals surface area contributed by atoms with Crippen molar-refractivity contribution in [2.75, 3.05) is 25.3 Å². The maximum Gasteiger partial charge on any atom is 0.337 e. The molecule has 2 aromatic heterocycles. The van der Waals surface area contributed by atoms with E-state index in [1.165, 1.54) is 13.2 Å². The summed E-state index contributed by atoms with van der Waals surface area (Å²) in [5, 5.41) is 11.7. The second kappa shape index (κ2) is 11.4. The van der Waals surface area contributed by atoms with E-state index in [2.05, 4.69) is 30.2 Å². The SMILES string of the molecule is COC(=O)c1ccc(NC(=O)CSc2nnc(Cc3cc(=O)[nH]c(=O)[nH]3)n2-c2cccc(OC)c2)cc1. The molecule has 0 fully saturated rings. The number of amides is 1. The van der Waals surface area contributed by atoms with Crippen LogP contribution in [0.25, 0.3) is 5.69 Å². The molecule has 37 heavy (non-hydrogen) atoms. The molecule has 0 aliphatic carbocycles. The van der Waals surface area contributed by atoms with Gasteiger partial charge in [-0.2, -0.15) is 0 Å². The summed E-state index contributed by atoms with van der Waals surface area (Å²) in [6, 6.07) is 14.8. The minimum Gasteiger partial charge on any atom is -0.497 e. The van der Waals surface area contributed by atoms with Gasteiger partial charge in [0, 0.05) is 29.9 Å². The molecule has 0 aliphatic heterocycles. The molecule has 2 heterocycles. The molecule has 2 aromatic carbocycles. The van der Waals surface area contributed by atoms with Gasteiger partial charge in [-0.25, -0.2) is 9.59 Å². The number of rotatable bonds is 9. The normalized spacial score (nSPS) is 10.6. The van der Waals surface area contributed by atoms with Crippen LogP contribution in [0.5, 0.6) is 5.75 Å². The van der Waals surface area contributed by atoms with Gasteiger partial charge in [-0.05, 0) is 36.4 Å². The highest BCUT2D eigenvalue weighted by Gasteiger charge is 2.18. The van der Waals surface area contributed by atoms with Gasteiger partial charge in [0.1, 0.15) is 11.6 Å². The average Bonchev–Trinajstić information content (AvgIpc) is 3.29. The molecular formula is C24H22N6O6S. The Balaban J connectivity index is 1.55.